The summed E-state index contributed by atoms with van der Waals surface area (Å²) in [5, 5.41) is 13.5. The first-order valence-electron chi connectivity index (χ1n) is 6.99. The molecule has 0 spiro atoms. The standard InChI is InChI=1S/C15H21NO3/c1-16-13-9-18-14-8-11(4-5-12(13)14)19-10-15(17)6-2-3-7-15/h4-5,8,13,16-17H,2-3,6-7,9-10H2,1H3. The molecule has 4 heteroatoms. The van der Waals surface area contributed by atoms with Crippen LogP contribution in [-0.4, -0.2) is 31.0 Å². The normalized spacial score (nSPS) is 24.0. The molecule has 19 heavy (non-hydrogen) atoms. The molecule has 0 bridgehead atoms. The highest BCUT2D eigenvalue weighted by atomic mass is 16.5. The highest BCUT2D eigenvalue weighted by Crippen LogP contribution is 2.36. The summed E-state index contributed by atoms with van der Waals surface area (Å²) in [6.07, 6.45) is 3.88. The van der Waals surface area contributed by atoms with Gasteiger partial charge in [0, 0.05) is 11.6 Å². The zero-order chi connectivity index (χ0) is 13.3. The van der Waals surface area contributed by atoms with E-state index in [0.29, 0.717) is 13.2 Å². The Morgan fingerprint density at radius 1 is 1.42 bits per heavy atom. The first-order chi connectivity index (χ1) is 9.20. The molecular formula is C15H21NO3. The lowest BCUT2D eigenvalue weighted by atomic mass is 10.0. The third-order valence-electron chi connectivity index (χ3n) is 4.16. The molecule has 4 nitrogen and oxygen atoms in total. The van der Waals surface area contributed by atoms with Crippen molar-refractivity contribution in [2.24, 2.45) is 0 Å². The minimum atomic E-state index is -0.632. The highest BCUT2D eigenvalue weighted by molar-refractivity contribution is 5.45. The van der Waals surface area contributed by atoms with Crippen LogP contribution in [0.3, 0.4) is 0 Å². The summed E-state index contributed by atoms with van der Waals surface area (Å²) in [4.78, 5) is 0. The number of hydrogen-bond donors (Lipinski definition) is 2. The Kier molecular flexibility index (Phi) is 3.37. The number of likely N-dealkylation sites (N-methyl/N-ethyl adjacent to an activating group) is 1. The minimum Gasteiger partial charge on any atom is -0.491 e. The van der Waals surface area contributed by atoms with E-state index >= 15 is 0 Å². The zero-order valence-electron chi connectivity index (χ0n) is 11.3. The van der Waals surface area contributed by atoms with Gasteiger partial charge in [0.25, 0.3) is 0 Å². The number of rotatable bonds is 4. The van der Waals surface area contributed by atoms with Gasteiger partial charge in [0.1, 0.15) is 24.7 Å². The van der Waals surface area contributed by atoms with Crippen LogP contribution in [-0.2, 0) is 0 Å². The second kappa shape index (κ2) is 5.02. The molecule has 0 aromatic heterocycles. The van der Waals surface area contributed by atoms with Crippen LogP contribution < -0.4 is 14.8 Å². The van der Waals surface area contributed by atoms with E-state index in [4.69, 9.17) is 9.47 Å². The van der Waals surface area contributed by atoms with Gasteiger partial charge in [0.05, 0.1) is 11.6 Å². The maximum absolute atomic E-state index is 10.3. The third kappa shape index (κ3) is 2.55. The molecule has 1 aromatic rings. The predicted molar refractivity (Wildman–Crippen MR) is 72.7 cm³/mol. The quantitative estimate of drug-likeness (QED) is 0.872. The first kappa shape index (κ1) is 12.8. The van der Waals surface area contributed by atoms with Gasteiger partial charge in [-0.1, -0.05) is 12.8 Å². The fraction of sp³-hybridized carbons (Fsp3) is 0.600. The van der Waals surface area contributed by atoms with Crippen molar-refractivity contribution in [2.45, 2.75) is 37.3 Å². The fourth-order valence-electron chi connectivity index (χ4n) is 2.91. The number of ether oxygens (including phenoxy) is 2. The van der Waals surface area contributed by atoms with Crippen LogP contribution >= 0.6 is 0 Å². The van der Waals surface area contributed by atoms with E-state index in [1.54, 1.807) is 0 Å². The molecule has 1 unspecified atom stereocenters. The Balaban J connectivity index is 1.66. The Hall–Kier alpha value is -1.26. The molecule has 1 heterocycles. The van der Waals surface area contributed by atoms with Crippen molar-refractivity contribution in [1.29, 1.82) is 0 Å². The second-order valence-electron chi connectivity index (χ2n) is 5.57. The number of benzene rings is 1. The molecule has 1 aliphatic heterocycles. The van der Waals surface area contributed by atoms with Gasteiger partial charge in [-0.3, -0.25) is 0 Å². The topological polar surface area (TPSA) is 50.7 Å². The number of aliphatic hydroxyl groups is 1. The number of nitrogens with one attached hydrogen (secondary N) is 1. The predicted octanol–water partition coefficient (Wildman–Crippen LogP) is 2.02. The van der Waals surface area contributed by atoms with Crippen LogP contribution in [0.15, 0.2) is 18.2 Å². The van der Waals surface area contributed by atoms with Crippen molar-refractivity contribution in [1.82, 2.24) is 5.32 Å². The first-order valence-corrected chi connectivity index (χ1v) is 6.99. The van der Waals surface area contributed by atoms with E-state index in [0.717, 1.165) is 37.2 Å². The van der Waals surface area contributed by atoms with Crippen LogP contribution in [0.25, 0.3) is 0 Å². The Morgan fingerprint density at radius 2 is 2.21 bits per heavy atom. The molecule has 3 rings (SSSR count). The summed E-state index contributed by atoms with van der Waals surface area (Å²) < 4.78 is 11.4. The average Bonchev–Trinajstić information content (AvgIpc) is 3.02. The maximum Gasteiger partial charge on any atom is 0.127 e. The number of hydrogen-bond acceptors (Lipinski definition) is 4. The molecule has 1 saturated carbocycles. The van der Waals surface area contributed by atoms with E-state index in [1.165, 1.54) is 5.56 Å². The van der Waals surface area contributed by atoms with Crippen molar-refractivity contribution in [3.8, 4) is 11.5 Å². The van der Waals surface area contributed by atoms with E-state index in [2.05, 4.69) is 5.32 Å². The molecule has 1 aromatic carbocycles. The van der Waals surface area contributed by atoms with Crippen LogP contribution in [0.2, 0.25) is 0 Å². The van der Waals surface area contributed by atoms with Crippen molar-refractivity contribution >= 4 is 0 Å². The summed E-state index contributed by atoms with van der Waals surface area (Å²) in [6.45, 7) is 1.04. The lowest BCUT2D eigenvalue weighted by Gasteiger charge is -2.22. The van der Waals surface area contributed by atoms with Gasteiger partial charge in [-0.2, -0.15) is 0 Å². The highest BCUT2D eigenvalue weighted by Gasteiger charge is 2.32. The van der Waals surface area contributed by atoms with Crippen molar-refractivity contribution < 1.29 is 14.6 Å². The molecule has 1 atom stereocenters. The van der Waals surface area contributed by atoms with Crippen molar-refractivity contribution in [3.63, 3.8) is 0 Å². The second-order valence-corrected chi connectivity index (χ2v) is 5.57. The van der Waals surface area contributed by atoms with Crippen LogP contribution in [0.1, 0.15) is 37.3 Å². The lowest BCUT2D eigenvalue weighted by Crippen LogP contribution is -2.32. The molecule has 0 radical (unpaired) electrons. The molecule has 1 fully saturated rings. The molecule has 1 aliphatic carbocycles. The summed E-state index contributed by atoms with van der Waals surface area (Å²) in [6, 6.07) is 6.18. The molecule has 0 saturated heterocycles. The van der Waals surface area contributed by atoms with Gasteiger partial charge in [-0.25, -0.2) is 0 Å². The third-order valence-corrected chi connectivity index (χ3v) is 4.16. The summed E-state index contributed by atoms with van der Waals surface area (Å²) in [5.74, 6) is 1.66. The summed E-state index contributed by atoms with van der Waals surface area (Å²) >= 11 is 0. The SMILES string of the molecule is CNC1COc2cc(OCC3(O)CCCC3)ccc21. The Morgan fingerprint density at radius 3 is 2.95 bits per heavy atom. The largest absolute Gasteiger partial charge is 0.491 e. The monoisotopic (exact) mass is 263 g/mol. The smallest absolute Gasteiger partial charge is 0.127 e. The molecule has 0 amide bonds. The van der Waals surface area contributed by atoms with E-state index in [1.807, 2.05) is 25.2 Å². The van der Waals surface area contributed by atoms with Crippen molar-refractivity contribution in [3.05, 3.63) is 23.8 Å². The minimum absolute atomic E-state index is 0.267. The van der Waals surface area contributed by atoms with Gasteiger partial charge >= 0.3 is 0 Å². The van der Waals surface area contributed by atoms with Gasteiger partial charge in [0.15, 0.2) is 0 Å². The number of fused-ring (bicyclic) bond motifs is 1. The molecule has 2 N–H and O–H groups in total. The van der Waals surface area contributed by atoms with Gasteiger partial charge in [0.2, 0.25) is 0 Å². The van der Waals surface area contributed by atoms with E-state index in [-0.39, 0.29) is 6.04 Å². The van der Waals surface area contributed by atoms with Gasteiger partial charge in [-0.15, -0.1) is 0 Å². The van der Waals surface area contributed by atoms with Crippen molar-refractivity contribution in [2.75, 3.05) is 20.3 Å². The summed E-state index contributed by atoms with van der Waals surface area (Å²) in [7, 11) is 1.93. The van der Waals surface area contributed by atoms with Gasteiger partial charge in [-0.05, 0) is 32.0 Å². The van der Waals surface area contributed by atoms with Gasteiger partial charge < -0.3 is 19.9 Å². The lowest BCUT2D eigenvalue weighted by molar-refractivity contribution is 0.00135. The molecule has 2 aliphatic rings. The van der Waals surface area contributed by atoms with E-state index < -0.39 is 5.60 Å². The molecular weight excluding hydrogens is 242 g/mol. The Bertz CT molecular complexity index is 455. The van der Waals surface area contributed by atoms with Crippen LogP contribution in [0.4, 0.5) is 0 Å². The van der Waals surface area contributed by atoms with E-state index in [9.17, 15) is 5.11 Å². The zero-order valence-corrected chi connectivity index (χ0v) is 11.3. The maximum atomic E-state index is 10.3. The summed E-state index contributed by atoms with van der Waals surface area (Å²) in [5.41, 5.74) is 0.544. The van der Waals surface area contributed by atoms with Crippen LogP contribution in [0, 0.1) is 0 Å². The fourth-order valence-corrected chi connectivity index (χ4v) is 2.91. The Labute approximate surface area is 113 Å². The molecule has 104 valence electrons. The van der Waals surface area contributed by atoms with Crippen LogP contribution in [0.5, 0.6) is 11.5 Å². The average molecular weight is 263 g/mol.